The number of carbonyl (C=O) groups excluding carboxylic acids is 2. The number of esters is 1. The van der Waals surface area contributed by atoms with Gasteiger partial charge in [-0.25, -0.2) is 0 Å². The van der Waals surface area contributed by atoms with Gasteiger partial charge in [0.2, 0.25) is 0 Å². The minimum Gasteiger partial charge on any atom is -0.493 e. The molecule has 1 aromatic rings. The molecule has 1 unspecified atom stereocenters. The second kappa shape index (κ2) is 9.22. The maximum Gasteiger partial charge on any atom is 0.315 e. The highest BCUT2D eigenvalue weighted by atomic mass is 16.6. The summed E-state index contributed by atoms with van der Waals surface area (Å²) >= 11 is 0. The summed E-state index contributed by atoms with van der Waals surface area (Å²) in [5.41, 5.74) is 2.63. The Balaban J connectivity index is 2.12. The average molecular weight is 430 g/mol. The summed E-state index contributed by atoms with van der Waals surface area (Å²) in [6, 6.07) is 5.49. The number of ether oxygens (including phenoxy) is 4. The third-order valence-corrected chi connectivity index (χ3v) is 5.85. The number of carbonyl (C=O) groups is 2. The molecule has 2 aliphatic rings. The topological polar surface area (TPSA) is 83.4 Å². The van der Waals surface area contributed by atoms with E-state index in [4.69, 9.17) is 23.9 Å². The van der Waals surface area contributed by atoms with Gasteiger partial charge >= 0.3 is 5.97 Å². The van der Waals surface area contributed by atoms with Gasteiger partial charge in [0.25, 0.3) is 0 Å². The van der Waals surface area contributed by atoms with E-state index in [0.717, 1.165) is 11.3 Å². The summed E-state index contributed by atoms with van der Waals surface area (Å²) in [6.45, 7) is 6.40. The molecule has 1 aliphatic carbocycles. The van der Waals surface area contributed by atoms with Crippen LogP contribution in [0.2, 0.25) is 0 Å². The van der Waals surface area contributed by atoms with E-state index in [1.54, 1.807) is 27.4 Å². The molecule has 0 spiro atoms. The Morgan fingerprint density at radius 3 is 2.45 bits per heavy atom. The number of hydrogen-bond donors (Lipinski definition) is 0. The normalized spacial score (nSPS) is 22.5. The maximum absolute atomic E-state index is 13.3. The molecule has 0 fully saturated rings. The van der Waals surface area contributed by atoms with Crippen LogP contribution in [0.3, 0.4) is 0 Å². The lowest BCUT2D eigenvalue weighted by Gasteiger charge is -2.39. The summed E-state index contributed by atoms with van der Waals surface area (Å²) in [5, 5.41) is 0. The number of benzene rings is 1. The second-order valence-electron chi connectivity index (χ2n) is 8.78. The Morgan fingerprint density at radius 1 is 1.10 bits per heavy atom. The molecule has 1 heterocycles. The van der Waals surface area contributed by atoms with Crippen molar-refractivity contribution in [2.24, 2.45) is 16.3 Å². The monoisotopic (exact) mass is 429 g/mol. The van der Waals surface area contributed by atoms with Gasteiger partial charge in [-0.1, -0.05) is 19.9 Å². The van der Waals surface area contributed by atoms with Gasteiger partial charge in [-0.15, -0.1) is 0 Å². The highest BCUT2D eigenvalue weighted by Gasteiger charge is 2.46. The largest absolute Gasteiger partial charge is 0.493 e. The lowest BCUT2D eigenvalue weighted by atomic mass is 9.67. The van der Waals surface area contributed by atoms with E-state index in [1.807, 2.05) is 19.1 Å². The molecule has 0 bridgehead atoms. The summed E-state index contributed by atoms with van der Waals surface area (Å²) in [5.74, 6) is -0.460. The number of hydrogen-bond acceptors (Lipinski definition) is 7. The third-order valence-electron chi connectivity index (χ3n) is 5.85. The standard InChI is InChI=1S/C24H31NO6/c1-14-20(23(27)31-10-9-28-4)21(15-7-8-18(29-5)19(11-15)30-6)22-16(25-14)12-24(2,3)13-17(22)26/h7-8,11,20-21H,9-10,12-13H2,1-6H3/t20?,21-/m0/s1. The molecule has 168 valence electrons. The third kappa shape index (κ3) is 4.66. The molecule has 0 saturated heterocycles. The van der Waals surface area contributed by atoms with Crippen molar-refractivity contribution in [3.8, 4) is 11.5 Å². The van der Waals surface area contributed by atoms with Crippen LogP contribution >= 0.6 is 0 Å². The zero-order chi connectivity index (χ0) is 22.8. The molecule has 3 rings (SSSR count). The smallest absolute Gasteiger partial charge is 0.315 e. The predicted octanol–water partition coefficient (Wildman–Crippen LogP) is 3.71. The molecule has 2 atom stereocenters. The first-order valence-corrected chi connectivity index (χ1v) is 10.4. The lowest BCUT2D eigenvalue weighted by Crippen LogP contribution is -2.39. The minimum atomic E-state index is -0.695. The molecule has 0 saturated carbocycles. The van der Waals surface area contributed by atoms with Crippen LogP contribution < -0.4 is 9.47 Å². The minimum absolute atomic E-state index is 0.0250. The molecule has 1 aromatic carbocycles. The van der Waals surface area contributed by atoms with Crippen molar-refractivity contribution >= 4 is 17.5 Å². The molecule has 7 nitrogen and oxygen atoms in total. The van der Waals surface area contributed by atoms with Crippen molar-refractivity contribution in [2.45, 2.75) is 39.5 Å². The summed E-state index contributed by atoms with van der Waals surface area (Å²) < 4.78 is 21.3. The average Bonchev–Trinajstić information content (AvgIpc) is 2.71. The first-order valence-electron chi connectivity index (χ1n) is 10.4. The summed E-state index contributed by atoms with van der Waals surface area (Å²) in [6.07, 6.45) is 1.09. The molecule has 7 heteroatoms. The van der Waals surface area contributed by atoms with Crippen LogP contribution in [0.5, 0.6) is 11.5 Å². The number of allylic oxidation sites excluding steroid dienone is 2. The van der Waals surface area contributed by atoms with Crippen molar-refractivity contribution in [1.82, 2.24) is 0 Å². The highest BCUT2D eigenvalue weighted by molar-refractivity contribution is 6.09. The second-order valence-corrected chi connectivity index (χ2v) is 8.78. The molecular formula is C24H31NO6. The Morgan fingerprint density at radius 2 is 1.81 bits per heavy atom. The van der Waals surface area contributed by atoms with Gasteiger partial charge in [-0.3, -0.25) is 14.6 Å². The molecule has 0 amide bonds. The van der Waals surface area contributed by atoms with E-state index in [9.17, 15) is 9.59 Å². The Hall–Kier alpha value is -2.67. The van der Waals surface area contributed by atoms with Crippen molar-refractivity contribution in [1.29, 1.82) is 0 Å². The van der Waals surface area contributed by atoms with Gasteiger partial charge in [-0.2, -0.15) is 0 Å². The number of aliphatic imine (C=N–C) groups is 1. The molecule has 31 heavy (non-hydrogen) atoms. The fourth-order valence-electron chi connectivity index (χ4n) is 4.47. The fraction of sp³-hybridized carbons (Fsp3) is 0.542. The van der Waals surface area contributed by atoms with Crippen molar-refractivity contribution in [2.75, 3.05) is 34.5 Å². The quantitative estimate of drug-likeness (QED) is 0.485. The molecular weight excluding hydrogens is 398 g/mol. The van der Waals surface area contributed by atoms with Gasteiger partial charge in [-0.05, 0) is 36.5 Å². The van der Waals surface area contributed by atoms with E-state index in [2.05, 4.69) is 13.8 Å². The van der Waals surface area contributed by atoms with Crippen LogP contribution in [-0.2, 0) is 19.1 Å². The number of methoxy groups -OCH3 is 3. The first kappa shape index (κ1) is 23.0. The van der Waals surface area contributed by atoms with E-state index in [0.29, 0.717) is 42.2 Å². The Kier molecular flexibility index (Phi) is 6.84. The van der Waals surface area contributed by atoms with Crippen LogP contribution in [0.25, 0.3) is 0 Å². The van der Waals surface area contributed by atoms with Crippen LogP contribution in [0.15, 0.2) is 34.5 Å². The predicted molar refractivity (Wildman–Crippen MR) is 117 cm³/mol. The van der Waals surface area contributed by atoms with E-state index < -0.39 is 17.8 Å². The number of nitrogens with zero attached hydrogens (tertiary/aromatic N) is 1. The Labute approximate surface area is 183 Å². The fourth-order valence-corrected chi connectivity index (χ4v) is 4.47. The van der Waals surface area contributed by atoms with E-state index >= 15 is 0 Å². The molecule has 0 N–H and O–H groups in total. The van der Waals surface area contributed by atoms with Gasteiger partial charge in [0.05, 0.1) is 20.8 Å². The SMILES string of the molecule is COCCOC(=O)C1C(C)=NC2=C(C(=O)CC(C)(C)C2)[C@H]1c1ccc(OC)c(OC)c1. The summed E-state index contributed by atoms with van der Waals surface area (Å²) in [7, 11) is 4.68. The molecule has 1 aliphatic heterocycles. The van der Waals surface area contributed by atoms with Gasteiger partial charge in [0.1, 0.15) is 12.5 Å². The lowest BCUT2D eigenvalue weighted by molar-refractivity contribution is -0.147. The van der Waals surface area contributed by atoms with Crippen LogP contribution in [0.4, 0.5) is 0 Å². The van der Waals surface area contributed by atoms with Crippen molar-refractivity contribution < 1.29 is 28.5 Å². The van der Waals surface area contributed by atoms with Crippen LogP contribution in [0, 0.1) is 11.3 Å². The maximum atomic E-state index is 13.3. The molecule has 0 aromatic heterocycles. The van der Waals surface area contributed by atoms with Gasteiger partial charge in [0.15, 0.2) is 17.3 Å². The van der Waals surface area contributed by atoms with Gasteiger partial charge in [0, 0.05) is 36.4 Å². The number of rotatable bonds is 7. The zero-order valence-electron chi connectivity index (χ0n) is 19.1. The Bertz CT molecular complexity index is 930. The van der Waals surface area contributed by atoms with Gasteiger partial charge < -0.3 is 18.9 Å². The summed E-state index contributed by atoms with van der Waals surface area (Å²) in [4.78, 5) is 31.1. The number of Topliss-reactive ketones (excluding diaryl/α,β-unsaturated/α-hetero) is 1. The van der Waals surface area contributed by atoms with Crippen molar-refractivity contribution in [3.63, 3.8) is 0 Å². The van der Waals surface area contributed by atoms with Crippen molar-refractivity contribution in [3.05, 3.63) is 35.0 Å². The van der Waals surface area contributed by atoms with E-state index in [-0.39, 0.29) is 17.8 Å². The van der Waals surface area contributed by atoms with E-state index in [1.165, 1.54) is 0 Å². The van der Waals surface area contributed by atoms with Crippen LogP contribution in [0.1, 0.15) is 45.1 Å². The van der Waals surface area contributed by atoms with Crippen LogP contribution in [-0.4, -0.2) is 52.0 Å². The first-order chi connectivity index (χ1) is 14.7. The number of ketones is 1. The zero-order valence-corrected chi connectivity index (χ0v) is 19.1. The molecule has 0 radical (unpaired) electrons. The highest BCUT2D eigenvalue weighted by Crippen LogP contribution is 2.48.